The minimum atomic E-state index is 0.621. The molecule has 0 spiro atoms. The lowest BCUT2D eigenvalue weighted by molar-refractivity contribution is 0.371. The van der Waals surface area contributed by atoms with E-state index in [9.17, 15) is 0 Å². The number of ether oxygens (including phenoxy) is 1. The van der Waals surface area contributed by atoms with Crippen LogP contribution in [0, 0.1) is 6.92 Å². The van der Waals surface area contributed by atoms with Gasteiger partial charge in [-0.3, -0.25) is 4.99 Å². The molecular formula is C10H11NO. The molecule has 1 aromatic rings. The first kappa shape index (κ1) is 7.35. The highest BCUT2D eigenvalue weighted by molar-refractivity contribution is 5.88. The van der Waals surface area contributed by atoms with Crippen molar-refractivity contribution in [3.63, 3.8) is 0 Å². The zero-order valence-electron chi connectivity index (χ0n) is 7.29. The fourth-order valence-corrected chi connectivity index (χ4v) is 1.26. The van der Waals surface area contributed by atoms with E-state index in [0.29, 0.717) is 6.61 Å². The van der Waals surface area contributed by atoms with Crippen LogP contribution >= 0.6 is 0 Å². The molecule has 1 aromatic carbocycles. The van der Waals surface area contributed by atoms with Gasteiger partial charge in [0.25, 0.3) is 0 Å². The van der Waals surface area contributed by atoms with E-state index < -0.39 is 0 Å². The van der Waals surface area contributed by atoms with Crippen molar-refractivity contribution in [1.29, 1.82) is 0 Å². The van der Waals surface area contributed by atoms with Crippen LogP contribution in [-0.4, -0.2) is 12.3 Å². The van der Waals surface area contributed by atoms with Crippen molar-refractivity contribution in [1.82, 2.24) is 0 Å². The maximum atomic E-state index is 5.46. The zero-order valence-corrected chi connectivity index (χ0v) is 7.29. The molecular weight excluding hydrogens is 150 g/mol. The Morgan fingerprint density at radius 2 is 2.17 bits per heavy atom. The largest absolute Gasteiger partial charge is 0.485 e. The highest BCUT2D eigenvalue weighted by Crippen LogP contribution is 2.30. The van der Waals surface area contributed by atoms with Gasteiger partial charge in [-0.05, 0) is 31.5 Å². The second-order valence-corrected chi connectivity index (χ2v) is 3.11. The Bertz CT molecular complexity index is 342. The van der Waals surface area contributed by atoms with Gasteiger partial charge in [-0.1, -0.05) is 6.07 Å². The molecule has 62 valence electrons. The molecule has 0 aromatic heterocycles. The van der Waals surface area contributed by atoms with Crippen LogP contribution in [0.2, 0.25) is 0 Å². The molecule has 0 saturated heterocycles. The summed E-state index contributed by atoms with van der Waals surface area (Å²) in [4.78, 5) is 4.40. The third-order valence-electron chi connectivity index (χ3n) is 1.86. The molecule has 1 heterocycles. The van der Waals surface area contributed by atoms with Crippen molar-refractivity contribution < 1.29 is 4.74 Å². The van der Waals surface area contributed by atoms with E-state index in [4.69, 9.17) is 4.74 Å². The highest BCUT2D eigenvalue weighted by atomic mass is 16.5. The Balaban J connectivity index is 2.53. The topological polar surface area (TPSA) is 21.6 Å². The number of nitrogens with zero attached hydrogens (tertiary/aromatic N) is 1. The molecule has 0 aliphatic carbocycles. The van der Waals surface area contributed by atoms with Gasteiger partial charge in [0, 0.05) is 0 Å². The summed E-state index contributed by atoms with van der Waals surface area (Å²) in [7, 11) is 0. The summed E-state index contributed by atoms with van der Waals surface area (Å²) in [6.45, 7) is 4.65. The summed E-state index contributed by atoms with van der Waals surface area (Å²) in [5.74, 6) is 0.895. The molecule has 0 fully saturated rings. The molecule has 0 saturated carbocycles. The number of aryl methyl sites for hydroxylation is 1. The third kappa shape index (κ3) is 1.20. The molecule has 0 unspecified atom stereocenters. The quantitative estimate of drug-likeness (QED) is 0.572. The SMILES string of the molecule is CC1=Nc2cc(C)ccc2OC1. The Morgan fingerprint density at radius 3 is 3.00 bits per heavy atom. The van der Waals surface area contributed by atoms with Crippen LogP contribution < -0.4 is 4.74 Å². The second-order valence-electron chi connectivity index (χ2n) is 3.11. The predicted octanol–water partition coefficient (Wildman–Crippen LogP) is 2.48. The van der Waals surface area contributed by atoms with Crippen LogP contribution in [0.3, 0.4) is 0 Å². The summed E-state index contributed by atoms with van der Waals surface area (Å²) >= 11 is 0. The molecule has 2 rings (SSSR count). The Morgan fingerprint density at radius 1 is 1.33 bits per heavy atom. The summed E-state index contributed by atoms with van der Waals surface area (Å²) in [5.41, 5.74) is 3.21. The van der Waals surface area contributed by atoms with Crippen molar-refractivity contribution in [2.45, 2.75) is 13.8 Å². The van der Waals surface area contributed by atoms with E-state index >= 15 is 0 Å². The maximum absolute atomic E-state index is 5.46. The Kier molecular flexibility index (Phi) is 1.61. The van der Waals surface area contributed by atoms with Gasteiger partial charge in [-0.15, -0.1) is 0 Å². The van der Waals surface area contributed by atoms with E-state index in [2.05, 4.69) is 11.9 Å². The monoisotopic (exact) mass is 161 g/mol. The van der Waals surface area contributed by atoms with E-state index in [0.717, 1.165) is 17.1 Å². The average Bonchev–Trinajstić information content (AvgIpc) is 2.03. The molecule has 1 aliphatic heterocycles. The first-order valence-electron chi connectivity index (χ1n) is 4.03. The normalized spacial score (nSPS) is 14.7. The molecule has 2 nitrogen and oxygen atoms in total. The van der Waals surface area contributed by atoms with Gasteiger partial charge in [0.15, 0.2) is 0 Å². The minimum Gasteiger partial charge on any atom is -0.485 e. The fourth-order valence-electron chi connectivity index (χ4n) is 1.26. The van der Waals surface area contributed by atoms with Gasteiger partial charge in [0.1, 0.15) is 18.0 Å². The van der Waals surface area contributed by atoms with Crippen molar-refractivity contribution in [2.75, 3.05) is 6.61 Å². The Hall–Kier alpha value is -1.31. The fraction of sp³-hybridized carbons (Fsp3) is 0.300. The zero-order chi connectivity index (χ0) is 8.55. The van der Waals surface area contributed by atoms with Crippen molar-refractivity contribution in [3.8, 4) is 5.75 Å². The lowest BCUT2D eigenvalue weighted by atomic mass is 10.2. The smallest absolute Gasteiger partial charge is 0.145 e. The molecule has 0 atom stereocenters. The molecule has 12 heavy (non-hydrogen) atoms. The standard InChI is InChI=1S/C10H11NO/c1-7-3-4-10-9(5-7)11-8(2)6-12-10/h3-5H,6H2,1-2H3. The number of hydrogen-bond donors (Lipinski definition) is 0. The molecule has 2 heteroatoms. The van der Waals surface area contributed by atoms with Gasteiger partial charge in [-0.2, -0.15) is 0 Å². The highest BCUT2D eigenvalue weighted by Gasteiger charge is 2.08. The Labute approximate surface area is 71.9 Å². The number of aliphatic imine (C=N–C) groups is 1. The van der Waals surface area contributed by atoms with Crippen LogP contribution in [0.5, 0.6) is 5.75 Å². The van der Waals surface area contributed by atoms with E-state index in [-0.39, 0.29) is 0 Å². The van der Waals surface area contributed by atoms with Gasteiger partial charge in [-0.25, -0.2) is 0 Å². The van der Waals surface area contributed by atoms with Gasteiger partial charge < -0.3 is 4.74 Å². The van der Waals surface area contributed by atoms with E-state index in [1.807, 2.05) is 25.1 Å². The molecule has 0 N–H and O–H groups in total. The number of benzene rings is 1. The summed E-state index contributed by atoms with van der Waals surface area (Å²) in [6, 6.07) is 6.05. The second kappa shape index (κ2) is 2.63. The van der Waals surface area contributed by atoms with Crippen LogP contribution in [0.25, 0.3) is 0 Å². The minimum absolute atomic E-state index is 0.621. The number of fused-ring (bicyclic) bond motifs is 1. The van der Waals surface area contributed by atoms with E-state index in [1.54, 1.807) is 0 Å². The van der Waals surface area contributed by atoms with Crippen LogP contribution in [-0.2, 0) is 0 Å². The lowest BCUT2D eigenvalue weighted by Crippen LogP contribution is -2.11. The lowest BCUT2D eigenvalue weighted by Gasteiger charge is -2.14. The summed E-state index contributed by atoms with van der Waals surface area (Å²) < 4.78 is 5.46. The molecule has 0 bridgehead atoms. The van der Waals surface area contributed by atoms with Crippen LogP contribution in [0.1, 0.15) is 12.5 Å². The first-order chi connectivity index (χ1) is 5.75. The summed E-state index contributed by atoms with van der Waals surface area (Å²) in [5, 5.41) is 0. The van der Waals surface area contributed by atoms with Crippen LogP contribution in [0.15, 0.2) is 23.2 Å². The third-order valence-corrected chi connectivity index (χ3v) is 1.86. The molecule has 1 aliphatic rings. The van der Waals surface area contributed by atoms with Gasteiger partial charge in [0.2, 0.25) is 0 Å². The molecule has 0 amide bonds. The molecule has 0 radical (unpaired) electrons. The first-order valence-corrected chi connectivity index (χ1v) is 4.03. The predicted molar refractivity (Wildman–Crippen MR) is 49.4 cm³/mol. The number of hydrogen-bond acceptors (Lipinski definition) is 2. The van der Waals surface area contributed by atoms with Crippen molar-refractivity contribution in [3.05, 3.63) is 23.8 Å². The van der Waals surface area contributed by atoms with Crippen molar-refractivity contribution >= 4 is 11.4 Å². The average molecular weight is 161 g/mol. The van der Waals surface area contributed by atoms with Gasteiger partial charge >= 0.3 is 0 Å². The summed E-state index contributed by atoms with van der Waals surface area (Å²) in [6.07, 6.45) is 0. The van der Waals surface area contributed by atoms with Crippen LogP contribution in [0.4, 0.5) is 5.69 Å². The number of rotatable bonds is 0. The van der Waals surface area contributed by atoms with E-state index in [1.165, 1.54) is 5.56 Å². The maximum Gasteiger partial charge on any atom is 0.145 e. The van der Waals surface area contributed by atoms with Crippen molar-refractivity contribution in [2.24, 2.45) is 4.99 Å². The van der Waals surface area contributed by atoms with Gasteiger partial charge in [0.05, 0.1) is 5.71 Å².